The van der Waals surface area contributed by atoms with Gasteiger partial charge in [-0.05, 0) is 13.3 Å². The summed E-state index contributed by atoms with van der Waals surface area (Å²) in [6, 6.07) is 0. The highest BCUT2D eigenvalue weighted by Crippen LogP contribution is 1.81. The predicted octanol–water partition coefficient (Wildman–Crippen LogP) is -0.793. The van der Waals surface area contributed by atoms with E-state index in [-0.39, 0.29) is 24.9 Å². The van der Waals surface area contributed by atoms with Gasteiger partial charge in [0.05, 0.1) is 13.1 Å². The van der Waals surface area contributed by atoms with Crippen LogP contribution in [-0.2, 0) is 14.3 Å². The molecule has 0 saturated heterocycles. The Morgan fingerprint density at radius 2 is 2.00 bits per heavy atom. The van der Waals surface area contributed by atoms with E-state index < -0.39 is 0 Å². The average Bonchev–Trinajstić information content (AvgIpc) is 2.33. The minimum absolute atomic E-state index is 0.0142. The van der Waals surface area contributed by atoms with E-state index in [0.29, 0.717) is 19.7 Å². The molecule has 6 nitrogen and oxygen atoms in total. The zero-order valence-corrected chi connectivity index (χ0v) is 10.9. The molecule has 0 heterocycles. The molecule has 2 N–H and O–H groups in total. The SMILES string of the molecule is CCN(C)C(=O)CNCC(=O)NCCCOC. The highest BCUT2D eigenvalue weighted by Gasteiger charge is 2.06. The summed E-state index contributed by atoms with van der Waals surface area (Å²) in [6.45, 7) is 4.15. The van der Waals surface area contributed by atoms with Crippen LogP contribution in [0.4, 0.5) is 0 Å². The standard InChI is InChI=1S/C11H23N3O3/c1-4-14(2)11(16)9-12-8-10(15)13-6-5-7-17-3/h12H,4-9H2,1-3H3,(H,13,15). The number of carbonyl (C=O) groups is 2. The Balaban J connectivity index is 3.48. The number of amides is 2. The molecule has 0 saturated carbocycles. The van der Waals surface area contributed by atoms with Crippen molar-refractivity contribution in [1.29, 1.82) is 0 Å². The van der Waals surface area contributed by atoms with Gasteiger partial charge in [-0.2, -0.15) is 0 Å². The number of nitrogens with zero attached hydrogens (tertiary/aromatic N) is 1. The van der Waals surface area contributed by atoms with Gasteiger partial charge in [0.25, 0.3) is 0 Å². The van der Waals surface area contributed by atoms with Gasteiger partial charge in [-0.15, -0.1) is 0 Å². The zero-order valence-electron chi connectivity index (χ0n) is 10.9. The third-order valence-electron chi connectivity index (χ3n) is 2.31. The third-order valence-corrected chi connectivity index (χ3v) is 2.31. The number of likely N-dealkylation sites (N-methyl/N-ethyl adjacent to an activating group) is 1. The summed E-state index contributed by atoms with van der Waals surface area (Å²) in [6.07, 6.45) is 0.791. The van der Waals surface area contributed by atoms with E-state index in [1.54, 1.807) is 19.1 Å². The molecular weight excluding hydrogens is 222 g/mol. The topological polar surface area (TPSA) is 70.7 Å². The lowest BCUT2D eigenvalue weighted by Crippen LogP contribution is -2.40. The van der Waals surface area contributed by atoms with Crippen LogP contribution < -0.4 is 10.6 Å². The van der Waals surface area contributed by atoms with Gasteiger partial charge in [-0.1, -0.05) is 0 Å². The van der Waals surface area contributed by atoms with E-state index in [9.17, 15) is 9.59 Å². The quantitative estimate of drug-likeness (QED) is 0.522. The van der Waals surface area contributed by atoms with E-state index in [2.05, 4.69) is 10.6 Å². The molecule has 0 bridgehead atoms. The van der Waals surface area contributed by atoms with Crippen LogP contribution in [0, 0.1) is 0 Å². The molecule has 0 radical (unpaired) electrons. The fourth-order valence-corrected chi connectivity index (χ4v) is 1.10. The zero-order chi connectivity index (χ0) is 13.1. The Labute approximate surface area is 103 Å². The number of rotatable bonds is 9. The minimum atomic E-state index is -0.104. The van der Waals surface area contributed by atoms with Crippen LogP contribution >= 0.6 is 0 Å². The maximum absolute atomic E-state index is 11.4. The Morgan fingerprint density at radius 1 is 1.29 bits per heavy atom. The van der Waals surface area contributed by atoms with E-state index in [1.807, 2.05) is 6.92 Å². The van der Waals surface area contributed by atoms with E-state index >= 15 is 0 Å². The van der Waals surface area contributed by atoms with Gasteiger partial charge in [0, 0.05) is 33.9 Å². The number of hydrogen-bond acceptors (Lipinski definition) is 4. The normalized spacial score (nSPS) is 10.1. The maximum atomic E-state index is 11.4. The summed E-state index contributed by atoms with van der Waals surface area (Å²) >= 11 is 0. The van der Waals surface area contributed by atoms with Crippen molar-refractivity contribution in [2.24, 2.45) is 0 Å². The Hall–Kier alpha value is -1.14. The van der Waals surface area contributed by atoms with Gasteiger partial charge < -0.3 is 15.0 Å². The van der Waals surface area contributed by atoms with Crippen molar-refractivity contribution in [1.82, 2.24) is 15.5 Å². The summed E-state index contributed by atoms with van der Waals surface area (Å²) in [7, 11) is 3.36. The van der Waals surface area contributed by atoms with Crippen LogP contribution in [0.15, 0.2) is 0 Å². The minimum Gasteiger partial charge on any atom is -0.385 e. The highest BCUT2D eigenvalue weighted by molar-refractivity contribution is 5.80. The van der Waals surface area contributed by atoms with Crippen LogP contribution in [-0.4, -0.2) is 63.7 Å². The van der Waals surface area contributed by atoms with Gasteiger partial charge in [-0.3, -0.25) is 14.9 Å². The second-order valence-corrected chi connectivity index (χ2v) is 3.71. The Kier molecular flexibility index (Phi) is 9.37. The molecule has 0 fully saturated rings. The van der Waals surface area contributed by atoms with Crippen molar-refractivity contribution in [3.8, 4) is 0 Å². The number of nitrogens with one attached hydrogen (secondary N) is 2. The molecule has 0 unspecified atom stereocenters. The second kappa shape index (κ2) is 10.0. The molecule has 0 aliphatic rings. The van der Waals surface area contributed by atoms with Crippen molar-refractivity contribution >= 4 is 11.8 Å². The lowest BCUT2D eigenvalue weighted by atomic mass is 10.4. The first-order valence-corrected chi connectivity index (χ1v) is 5.82. The molecule has 0 aliphatic heterocycles. The molecule has 0 aromatic rings. The summed E-state index contributed by atoms with van der Waals surface area (Å²) in [5.41, 5.74) is 0. The molecule has 0 spiro atoms. The summed E-state index contributed by atoms with van der Waals surface area (Å²) in [5, 5.41) is 5.53. The van der Waals surface area contributed by atoms with Gasteiger partial charge in [-0.25, -0.2) is 0 Å². The molecule has 0 aromatic heterocycles. The van der Waals surface area contributed by atoms with Gasteiger partial charge in [0.2, 0.25) is 11.8 Å². The number of ether oxygens (including phenoxy) is 1. The largest absolute Gasteiger partial charge is 0.385 e. The molecule has 2 amide bonds. The van der Waals surface area contributed by atoms with Crippen LogP contribution in [0.25, 0.3) is 0 Å². The Morgan fingerprint density at radius 3 is 2.59 bits per heavy atom. The van der Waals surface area contributed by atoms with Crippen molar-refractivity contribution < 1.29 is 14.3 Å². The van der Waals surface area contributed by atoms with Gasteiger partial charge in [0.1, 0.15) is 0 Å². The van der Waals surface area contributed by atoms with Crippen LogP contribution in [0.1, 0.15) is 13.3 Å². The van der Waals surface area contributed by atoms with Crippen LogP contribution in [0.5, 0.6) is 0 Å². The van der Waals surface area contributed by atoms with Crippen LogP contribution in [0.2, 0.25) is 0 Å². The number of hydrogen-bond donors (Lipinski definition) is 2. The fourth-order valence-electron chi connectivity index (χ4n) is 1.10. The summed E-state index contributed by atoms with van der Waals surface area (Å²) in [4.78, 5) is 24.3. The van der Waals surface area contributed by atoms with Gasteiger partial charge in [0.15, 0.2) is 0 Å². The van der Waals surface area contributed by atoms with Gasteiger partial charge >= 0.3 is 0 Å². The van der Waals surface area contributed by atoms with Crippen molar-refractivity contribution in [2.45, 2.75) is 13.3 Å². The lowest BCUT2D eigenvalue weighted by Gasteiger charge is -2.14. The number of methoxy groups -OCH3 is 1. The van der Waals surface area contributed by atoms with Crippen molar-refractivity contribution in [3.63, 3.8) is 0 Å². The molecule has 100 valence electrons. The molecule has 0 rings (SSSR count). The lowest BCUT2D eigenvalue weighted by molar-refractivity contribution is -0.128. The molecule has 0 aliphatic carbocycles. The first-order valence-electron chi connectivity index (χ1n) is 5.82. The summed E-state index contributed by atoms with van der Waals surface area (Å²) < 4.78 is 4.86. The molecule has 0 atom stereocenters. The first kappa shape index (κ1) is 15.9. The van der Waals surface area contributed by atoms with Crippen molar-refractivity contribution in [2.75, 3.05) is 46.9 Å². The second-order valence-electron chi connectivity index (χ2n) is 3.71. The first-order chi connectivity index (χ1) is 8.11. The third kappa shape index (κ3) is 8.65. The monoisotopic (exact) mass is 245 g/mol. The smallest absolute Gasteiger partial charge is 0.236 e. The highest BCUT2D eigenvalue weighted by atomic mass is 16.5. The Bertz CT molecular complexity index is 234. The van der Waals surface area contributed by atoms with E-state index in [0.717, 1.165) is 6.42 Å². The van der Waals surface area contributed by atoms with Crippen molar-refractivity contribution in [3.05, 3.63) is 0 Å². The molecular formula is C11H23N3O3. The average molecular weight is 245 g/mol. The van der Waals surface area contributed by atoms with E-state index in [4.69, 9.17) is 4.74 Å². The van der Waals surface area contributed by atoms with E-state index in [1.165, 1.54) is 0 Å². The molecule has 17 heavy (non-hydrogen) atoms. The predicted molar refractivity (Wildman–Crippen MR) is 65.7 cm³/mol. The molecule has 6 heteroatoms. The summed E-state index contributed by atoms with van der Waals surface area (Å²) in [5.74, 6) is -0.118. The maximum Gasteiger partial charge on any atom is 0.236 e. The van der Waals surface area contributed by atoms with Crippen LogP contribution in [0.3, 0.4) is 0 Å². The fraction of sp³-hybridized carbons (Fsp3) is 0.818. The molecule has 0 aromatic carbocycles. The number of carbonyl (C=O) groups excluding carboxylic acids is 2.